The van der Waals surface area contributed by atoms with Gasteiger partial charge in [0.05, 0.1) is 7.11 Å². The van der Waals surface area contributed by atoms with Gasteiger partial charge in [-0.05, 0) is 37.6 Å². The summed E-state index contributed by atoms with van der Waals surface area (Å²) in [5, 5.41) is 3.61. The standard InChI is InChI=1S/C17H20BrNO/c1-12(14-7-6-8-15(18)11-14)19-13(2)16-9-4-5-10-17(16)20-3/h4-13,19H,1-3H3/t12-,13?/m1/s1. The molecule has 0 aliphatic carbocycles. The Bertz CT molecular complexity index is 570. The van der Waals surface area contributed by atoms with E-state index in [1.54, 1.807) is 7.11 Å². The average Bonchev–Trinajstić information content (AvgIpc) is 2.47. The van der Waals surface area contributed by atoms with Crippen LogP contribution in [0.1, 0.15) is 37.1 Å². The Balaban J connectivity index is 2.13. The summed E-state index contributed by atoms with van der Waals surface area (Å²) in [7, 11) is 1.71. The van der Waals surface area contributed by atoms with E-state index in [4.69, 9.17) is 4.74 Å². The van der Waals surface area contributed by atoms with Gasteiger partial charge in [-0.3, -0.25) is 0 Å². The van der Waals surface area contributed by atoms with Crippen LogP contribution in [-0.4, -0.2) is 7.11 Å². The molecule has 2 aromatic rings. The lowest BCUT2D eigenvalue weighted by Crippen LogP contribution is -2.22. The monoisotopic (exact) mass is 333 g/mol. The molecule has 2 aromatic carbocycles. The maximum atomic E-state index is 5.43. The fourth-order valence-corrected chi connectivity index (χ4v) is 2.78. The number of halogens is 1. The maximum Gasteiger partial charge on any atom is 0.123 e. The third kappa shape index (κ3) is 3.62. The first kappa shape index (κ1) is 15.1. The van der Waals surface area contributed by atoms with Gasteiger partial charge in [0.1, 0.15) is 5.75 Å². The van der Waals surface area contributed by atoms with E-state index in [0.29, 0.717) is 0 Å². The zero-order valence-corrected chi connectivity index (χ0v) is 13.6. The minimum absolute atomic E-state index is 0.222. The van der Waals surface area contributed by atoms with Gasteiger partial charge in [0.2, 0.25) is 0 Å². The number of rotatable bonds is 5. The molecular formula is C17H20BrNO. The first-order chi connectivity index (χ1) is 9.61. The highest BCUT2D eigenvalue weighted by Gasteiger charge is 2.14. The second-order valence-electron chi connectivity index (χ2n) is 4.91. The molecule has 106 valence electrons. The molecule has 0 fully saturated rings. The maximum absolute atomic E-state index is 5.43. The fourth-order valence-electron chi connectivity index (χ4n) is 2.36. The smallest absolute Gasteiger partial charge is 0.123 e. The average molecular weight is 334 g/mol. The van der Waals surface area contributed by atoms with Crippen molar-refractivity contribution in [3.05, 3.63) is 64.1 Å². The first-order valence-corrected chi connectivity index (χ1v) is 7.55. The van der Waals surface area contributed by atoms with Gasteiger partial charge in [-0.2, -0.15) is 0 Å². The number of hydrogen-bond acceptors (Lipinski definition) is 2. The number of methoxy groups -OCH3 is 1. The van der Waals surface area contributed by atoms with Crippen LogP contribution in [0.4, 0.5) is 0 Å². The van der Waals surface area contributed by atoms with E-state index in [0.717, 1.165) is 10.2 Å². The molecule has 0 aliphatic rings. The molecule has 1 N–H and O–H groups in total. The van der Waals surface area contributed by atoms with E-state index in [-0.39, 0.29) is 12.1 Å². The summed E-state index contributed by atoms with van der Waals surface area (Å²) >= 11 is 3.52. The van der Waals surface area contributed by atoms with Gasteiger partial charge in [-0.25, -0.2) is 0 Å². The van der Waals surface area contributed by atoms with E-state index >= 15 is 0 Å². The Morgan fingerprint density at radius 3 is 2.45 bits per heavy atom. The number of hydrogen-bond donors (Lipinski definition) is 1. The number of ether oxygens (including phenoxy) is 1. The van der Waals surface area contributed by atoms with Crippen LogP contribution in [0.3, 0.4) is 0 Å². The van der Waals surface area contributed by atoms with Crippen molar-refractivity contribution in [3.8, 4) is 5.75 Å². The third-order valence-corrected chi connectivity index (χ3v) is 3.95. The number of nitrogens with one attached hydrogen (secondary N) is 1. The second kappa shape index (κ2) is 6.91. The minimum atomic E-state index is 0.222. The highest BCUT2D eigenvalue weighted by molar-refractivity contribution is 9.10. The molecule has 3 heteroatoms. The van der Waals surface area contributed by atoms with Crippen LogP contribution in [0.5, 0.6) is 5.75 Å². The van der Waals surface area contributed by atoms with Crippen LogP contribution in [0.15, 0.2) is 53.0 Å². The summed E-state index contributed by atoms with van der Waals surface area (Å²) < 4.78 is 6.53. The summed E-state index contributed by atoms with van der Waals surface area (Å²) in [6.07, 6.45) is 0. The zero-order valence-electron chi connectivity index (χ0n) is 12.1. The Kier molecular flexibility index (Phi) is 5.21. The van der Waals surface area contributed by atoms with E-state index in [1.807, 2.05) is 24.3 Å². The van der Waals surface area contributed by atoms with Gasteiger partial charge in [-0.15, -0.1) is 0 Å². The normalized spacial score (nSPS) is 13.8. The van der Waals surface area contributed by atoms with Crippen LogP contribution in [0.25, 0.3) is 0 Å². The second-order valence-corrected chi connectivity index (χ2v) is 5.82. The lowest BCUT2D eigenvalue weighted by molar-refractivity contribution is 0.396. The SMILES string of the molecule is COc1ccccc1C(C)N[C@H](C)c1cccc(Br)c1. The summed E-state index contributed by atoms with van der Waals surface area (Å²) in [6.45, 7) is 4.33. The molecule has 0 spiro atoms. The quantitative estimate of drug-likeness (QED) is 0.842. The van der Waals surface area contributed by atoms with Crippen LogP contribution >= 0.6 is 15.9 Å². The Hall–Kier alpha value is -1.32. The van der Waals surface area contributed by atoms with Crippen molar-refractivity contribution >= 4 is 15.9 Å². The number of para-hydroxylation sites is 1. The third-order valence-electron chi connectivity index (χ3n) is 3.45. The Labute approximate surface area is 129 Å². The van der Waals surface area contributed by atoms with E-state index in [2.05, 4.69) is 59.4 Å². The van der Waals surface area contributed by atoms with Crippen LogP contribution in [-0.2, 0) is 0 Å². The molecule has 0 amide bonds. The van der Waals surface area contributed by atoms with Crippen molar-refractivity contribution in [2.45, 2.75) is 25.9 Å². The summed E-state index contributed by atoms with van der Waals surface area (Å²) in [5.74, 6) is 0.925. The largest absolute Gasteiger partial charge is 0.496 e. The summed E-state index contributed by atoms with van der Waals surface area (Å²) in [5.41, 5.74) is 2.44. The Morgan fingerprint density at radius 2 is 1.75 bits per heavy atom. The van der Waals surface area contributed by atoms with E-state index in [1.165, 1.54) is 11.1 Å². The van der Waals surface area contributed by atoms with Crippen LogP contribution < -0.4 is 10.1 Å². The van der Waals surface area contributed by atoms with Crippen LogP contribution in [0.2, 0.25) is 0 Å². The fraction of sp³-hybridized carbons (Fsp3) is 0.294. The van der Waals surface area contributed by atoms with Crippen molar-refractivity contribution in [2.75, 3.05) is 7.11 Å². The Morgan fingerprint density at radius 1 is 1.00 bits per heavy atom. The highest BCUT2D eigenvalue weighted by atomic mass is 79.9. The topological polar surface area (TPSA) is 21.3 Å². The molecule has 2 atom stereocenters. The lowest BCUT2D eigenvalue weighted by atomic mass is 10.0. The van der Waals surface area contributed by atoms with Gasteiger partial charge < -0.3 is 10.1 Å². The van der Waals surface area contributed by atoms with Crippen LogP contribution in [0, 0.1) is 0 Å². The van der Waals surface area contributed by atoms with E-state index < -0.39 is 0 Å². The lowest BCUT2D eigenvalue weighted by Gasteiger charge is -2.22. The molecule has 0 aliphatic heterocycles. The number of benzene rings is 2. The molecule has 0 saturated heterocycles. The van der Waals surface area contributed by atoms with Gasteiger partial charge in [0, 0.05) is 22.1 Å². The van der Waals surface area contributed by atoms with E-state index in [9.17, 15) is 0 Å². The molecule has 20 heavy (non-hydrogen) atoms. The zero-order chi connectivity index (χ0) is 14.5. The molecule has 0 radical (unpaired) electrons. The molecular weight excluding hydrogens is 314 g/mol. The van der Waals surface area contributed by atoms with Gasteiger partial charge in [0.15, 0.2) is 0 Å². The minimum Gasteiger partial charge on any atom is -0.496 e. The molecule has 0 bridgehead atoms. The van der Waals surface area contributed by atoms with Crippen molar-refractivity contribution in [2.24, 2.45) is 0 Å². The molecule has 2 rings (SSSR count). The van der Waals surface area contributed by atoms with Gasteiger partial charge in [-0.1, -0.05) is 46.3 Å². The van der Waals surface area contributed by atoms with Crippen molar-refractivity contribution < 1.29 is 4.74 Å². The first-order valence-electron chi connectivity index (χ1n) is 6.76. The molecule has 2 nitrogen and oxygen atoms in total. The van der Waals surface area contributed by atoms with Crippen molar-refractivity contribution in [3.63, 3.8) is 0 Å². The predicted octanol–water partition coefficient (Wildman–Crippen LogP) is 4.87. The molecule has 0 aromatic heterocycles. The highest BCUT2D eigenvalue weighted by Crippen LogP contribution is 2.27. The molecule has 1 unspecified atom stereocenters. The van der Waals surface area contributed by atoms with Gasteiger partial charge in [0.25, 0.3) is 0 Å². The van der Waals surface area contributed by atoms with Gasteiger partial charge >= 0.3 is 0 Å². The summed E-state index contributed by atoms with van der Waals surface area (Å²) in [6, 6.07) is 17.0. The van der Waals surface area contributed by atoms with Crippen molar-refractivity contribution in [1.29, 1.82) is 0 Å². The predicted molar refractivity (Wildman–Crippen MR) is 87.1 cm³/mol. The molecule has 0 saturated carbocycles. The van der Waals surface area contributed by atoms with Crippen molar-refractivity contribution in [1.82, 2.24) is 5.32 Å². The molecule has 0 heterocycles. The summed E-state index contributed by atoms with van der Waals surface area (Å²) in [4.78, 5) is 0.